The van der Waals surface area contributed by atoms with E-state index in [0.717, 1.165) is 0 Å². The van der Waals surface area contributed by atoms with Crippen molar-refractivity contribution in [3.05, 3.63) is 54.1 Å². The minimum Gasteiger partial charge on any atom is -0.493 e. The Hall–Kier alpha value is -3.37. The van der Waals surface area contributed by atoms with E-state index in [1.165, 1.54) is 50.6 Å². The number of carbonyl (C=O) groups excluding carboxylic acids is 2. The number of hydrogen-bond donors (Lipinski definition) is 2. The fourth-order valence-corrected chi connectivity index (χ4v) is 2.75. The average Bonchev–Trinajstić information content (AvgIpc) is 2.70. The van der Waals surface area contributed by atoms with Crippen molar-refractivity contribution in [3.8, 4) is 11.5 Å². The number of esters is 1. The molecule has 29 heavy (non-hydrogen) atoms. The third-order valence-corrected chi connectivity index (χ3v) is 4.56. The number of primary sulfonamides is 1. The molecule has 0 saturated carbocycles. The van der Waals surface area contributed by atoms with E-state index in [4.69, 9.17) is 19.3 Å². The predicted molar refractivity (Wildman–Crippen MR) is 106 cm³/mol. The van der Waals surface area contributed by atoms with E-state index in [-0.39, 0.29) is 4.90 Å². The van der Waals surface area contributed by atoms with Crippen LogP contribution in [0, 0.1) is 0 Å². The van der Waals surface area contributed by atoms with Crippen molar-refractivity contribution < 1.29 is 32.2 Å². The van der Waals surface area contributed by atoms with Gasteiger partial charge in [-0.15, -0.1) is 0 Å². The SMILES string of the molecule is COc1ccc(C=CC(=O)OCC(=O)Nc2ccc(S(N)(=O)=O)cc2)cc1OC. The molecule has 154 valence electrons. The third kappa shape index (κ3) is 6.63. The number of sulfonamides is 1. The van der Waals surface area contributed by atoms with E-state index in [9.17, 15) is 18.0 Å². The number of carbonyl (C=O) groups is 2. The molecule has 1 amide bonds. The van der Waals surface area contributed by atoms with E-state index in [1.807, 2.05) is 0 Å². The van der Waals surface area contributed by atoms with E-state index in [1.54, 1.807) is 18.2 Å². The van der Waals surface area contributed by atoms with Crippen molar-refractivity contribution in [1.82, 2.24) is 0 Å². The lowest BCUT2D eigenvalue weighted by molar-refractivity contribution is -0.142. The molecular formula is C19H20N2O7S. The highest BCUT2D eigenvalue weighted by Crippen LogP contribution is 2.27. The van der Waals surface area contributed by atoms with Crippen molar-refractivity contribution in [1.29, 1.82) is 0 Å². The van der Waals surface area contributed by atoms with Gasteiger partial charge in [-0.2, -0.15) is 0 Å². The van der Waals surface area contributed by atoms with Crippen molar-refractivity contribution in [2.75, 3.05) is 26.1 Å². The van der Waals surface area contributed by atoms with Crippen LogP contribution in [0.4, 0.5) is 5.69 Å². The molecule has 2 aromatic carbocycles. The largest absolute Gasteiger partial charge is 0.493 e. The van der Waals surface area contributed by atoms with Gasteiger partial charge in [0.15, 0.2) is 18.1 Å². The Bertz CT molecular complexity index is 1020. The van der Waals surface area contributed by atoms with Gasteiger partial charge in [-0.3, -0.25) is 4.79 Å². The molecule has 0 aliphatic heterocycles. The second kappa shape index (κ2) is 9.71. The summed E-state index contributed by atoms with van der Waals surface area (Å²) in [5, 5.41) is 7.47. The summed E-state index contributed by atoms with van der Waals surface area (Å²) in [5.41, 5.74) is 1.01. The van der Waals surface area contributed by atoms with Crippen molar-refractivity contribution >= 4 is 33.7 Å². The van der Waals surface area contributed by atoms with Gasteiger partial charge in [-0.25, -0.2) is 18.4 Å². The number of rotatable bonds is 8. The number of ether oxygens (including phenoxy) is 3. The number of nitrogens with two attached hydrogens (primary N) is 1. The third-order valence-electron chi connectivity index (χ3n) is 3.63. The summed E-state index contributed by atoms with van der Waals surface area (Å²) in [6.45, 7) is -0.508. The van der Waals surface area contributed by atoms with Gasteiger partial charge >= 0.3 is 5.97 Å². The van der Waals surface area contributed by atoms with Crippen molar-refractivity contribution in [2.24, 2.45) is 5.14 Å². The summed E-state index contributed by atoms with van der Waals surface area (Å²) >= 11 is 0. The lowest BCUT2D eigenvalue weighted by Gasteiger charge is -2.07. The molecule has 2 rings (SSSR count). The normalized spacial score (nSPS) is 11.1. The van der Waals surface area contributed by atoms with Crippen LogP contribution in [-0.4, -0.2) is 41.1 Å². The summed E-state index contributed by atoms with van der Waals surface area (Å²) in [6.07, 6.45) is 2.68. The van der Waals surface area contributed by atoms with Gasteiger partial charge in [0, 0.05) is 11.8 Å². The molecule has 2 aromatic rings. The van der Waals surface area contributed by atoms with Crippen LogP contribution >= 0.6 is 0 Å². The first-order valence-corrected chi connectivity index (χ1v) is 9.77. The number of amides is 1. The van der Waals surface area contributed by atoms with Gasteiger partial charge in [-0.05, 0) is 48.0 Å². The standard InChI is InChI=1S/C19H20N2O7S/c1-26-16-9-3-13(11-17(16)27-2)4-10-19(23)28-12-18(22)21-14-5-7-15(8-6-14)29(20,24)25/h3-11H,12H2,1-2H3,(H,21,22)(H2,20,24,25). The number of methoxy groups -OCH3 is 2. The predicted octanol–water partition coefficient (Wildman–Crippen LogP) is 1.55. The van der Waals surface area contributed by atoms with Gasteiger partial charge in [-0.1, -0.05) is 6.07 Å². The molecule has 3 N–H and O–H groups in total. The molecule has 0 bridgehead atoms. The number of benzene rings is 2. The number of nitrogens with one attached hydrogen (secondary N) is 1. The molecule has 0 radical (unpaired) electrons. The maximum Gasteiger partial charge on any atom is 0.331 e. The van der Waals surface area contributed by atoms with E-state index < -0.39 is 28.5 Å². The van der Waals surface area contributed by atoms with Crippen LogP contribution in [0.5, 0.6) is 11.5 Å². The second-order valence-electron chi connectivity index (χ2n) is 5.67. The average molecular weight is 420 g/mol. The van der Waals surface area contributed by atoms with Crippen LogP contribution in [0.2, 0.25) is 0 Å². The Morgan fingerprint density at radius 1 is 1.03 bits per heavy atom. The number of hydrogen-bond acceptors (Lipinski definition) is 7. The Kier molecular flexibility index (Phi) is 7.34. The summed E-state index contributed by atoms with van der Waals surface area (Å²) in [4.78, 5) is 23.5. The van der Waals surface area contributed by atoms with Gasteiger partial charge in [0.2, 0.25) is 10.0 Å². The lowest BCUT2D eigenvalue weighted by atomic mass is 10.2. The van der Waals surface area contributed by atoms with Gasteiger partial charge < -0.3 is 19.5 Å². The molecule has 10 heteroatoms. The summed E-state index contributed by atoms with van der Waals surface area (Å²) in [7, 11) is -0.793. The highest BCUT2D eigenvalue weighted by atomic mass is 32.2. The summed E-state index contributed by atoms with van der Waals surface area (Å²) in [6, 6.07) is 10.3. The van der Waals surface area contributed by atoms with Gasteiger partial charge in [0.05, 0.1) is 19.1 Å². The zero-order chi connectivity index (χ0) is 21.4. The zero-order valence-electron chi connectivity index (χ0n) is 15.7. The minimum atomic E-state index is -3.81. The molecule has 0 fully saturated rings. The quantitative estimate of drug-likeness (QED) is 0.489. The topological polar surface area (TPSA) is 134 Å². The van der Waals surface area contributed by atoms with Crippen LogP contribution in [0.25, 0.3) is 6.08 Å². The molecule has 0 unspecified atom stereocenters. The molecule has 0 atom stereocenters. The Morgan fingerprint density at radius 3 is 2.28 bits per heavy atom. The molecule has 0 aliphatic rings. The summed E-state index contributed by atoms with van der Waals surface area (Å²) in [5.74, 6) is -0.224. The van der Waals surface area contributed by atoms with Crippen LogP contribution in [-0.2, 0) is 24.3 Å². The highest BCUT2D eigenvalue weighted by Gasteiger charge is 2.09. The molecule has 0 heterocycles. The fourth-order valence-electron chi connectivity index (χ4n) is 2.23. The van der Waals surface area contributed by atoms with E-state index >= 15 is 0 Å². The molecule has 0 spiro atoms. The first kappa shape index (κ1) is 21.9. The van der Waals surface area contributed by atoms with Crippen LogP contribution in [0.3, 0.4) is 0 Å². The molecule has 0 aromatic heterocycles. The summed E-state index contributed by atoms with van der Waals surface area (Å²) < 4.78 is 37.6. The first-order chi connectivity index (χ1) is 13.7. The Morgan fingerprint density at radius 2 is 1.69 bits per heavy atom. The Labute approximate surface area is 168 Å². The van der Waals surface area contributed by atoms with E-state index in [2.05, 4.69) is 5.32 Å². The molecule has 0 aliphatic carbocycles. The monoisotopic (exact) mass is 420 g/mol. The highest BCUT2D eigenvalue weighted by molar-refractivity contribution is 7.89. The molecule has 9 nitrogen and oxygen atoms in total. The van der Waals surface area contributed by atoms with E-state index in [0.29, 0.717) is 22.7 Å². The Balaban J connectivity index is 1.87. The van der Waals surface area contributed by atoms with Crippen LogP contribution < -0.4 is 19.9 Å². The fraction of sp³-hybridized carbons (Fsp3) is 0.158. The molecular weight excluding hydrogens is 400 g/mol. The number of anilines is 1. The minimum absolute atomic E-state index is 0.0813. The van der Waals surface area contributed by atoms with Crippen LogP contribution in [0.1, 0.15) is 5.56 Å². The zero-order valence-corrected chi connectivity index (χ0v) is 16.6. The second-order valence-corrected chi connectivity index (χ2v) is 7.23. The first-order valence-electron chi connectivity index (χ1n) is 8.22. The van der Waals surface area contributed by atoms with Crippen molar-refractivity contribution in [2.45, 2.75) is 4.90 Å². The van der Waals surface area contributed by atoms with Gasteiger partial charge in [0.1, 0.15) is 0 Å². The smallest absolute Gasteiger partial charge is 0.331 e. The van der Waals surface area contributed by atoms with Gasteiger partial charge in [0.25, 0.3) is 5.91 Å². The maximum atomic E-state index is 11.8. The lowest BCUT2D eigenvalue weighted by Crippen LogP contribution is -2.20. The van der Waals surface area contributed by atoms with Crippen LogP contribution in [0.15, 0.2) is 53.4 Å². The molecule has 0 saturated heterocycles. The van der Waals surface area contributed by atoms with Crippen molar-refractivity contribution in [3.63, 3.8) is 0 Å². The maximum absolute atomic E-state index is 11.8.